The first-order valence-corrected chi connectivity index (χ1v) is 7.49. The second-order valence-electron chi connectivity index (χ2n) is 4.52. The smallest absolute Gasteiger partial charge is 0.188 e. The van der Waals surface area contributed by atoms with Crippen LogP contribution in [0, 0.1) is 0 Å². The number of guanidine groups is 1. The predicted molar refractivity (Wildman–Crippen MR) is 80.2 cm³/mol. The van der Waals surface area contributed by atoms with E-state index < -0.39 is 6.23 Å². The number of aliphatic imine (C=N–C) groups is 1. The van der Waals surface area contributed by atoms with Crippen molar-refractivity contribution in [3.63, 3.8) is 0 Å². The van der Waals surface area contributed by atoms with E-state index in [1.165, 1.54) is 5.56 Å². The topological polar surface area (TPSA) is 84.6 Å². The molecular weight excluding hydrogens is 246 g/mol. The normalized spacial score (nSPS) is 14.3. The van der Waals surface area contributed by atoms with Gasteiger partial charge in [0, 0.05) is 10.5 Å². The first kappa shape index (κ1) is 14.7. The zero-order valence-electron chi connectivity index (χ0n) is 11.1. The highest BCUT2D eigenvalue weighted by molar-refractivity contribution is 8.13. The molecule has 0 radical (unpaired) electrons. The molecular formula is C13H21N3OS. The lowest BCUT2D eigenvalue weighted by atomic mass is 10.0. The SMILES string of the molecule is C=S(C)c1cc(C(O)N=C(N)N)ccc1C(C)C. The Morgan fingerprint density at radius 3 is 2.44 bits per heavy atom. The number of aliphatic hydroxyl groups is 1. The van der Waals surface area contributed by atoms with Crippen LogP contribution in [0.5, 0.6) is 0 Å². The van der Waals surface area contributed by atoms with Gasteiger partial charge in [-0.05, 0) is 23.8 Å². The standard InChI is InChI=1S/C13H21N3OS/c1-8(2)10-6-5-9(7-11(10)18(3)4)12(17)16-13(14)15/h5-8,12,17H,3H2,1-2,4H3,(H4,14,15,16). The van der Waals surface area contributed by atoms with Crippen molar-refractivity contribution in [2.45, 2.75) is 30.9 Å². The average molecular weight is 267 g/mol. The average Bonchev–Trinajstić information content (AvgIpc) is 2.26. The first-order chi connectivity index (χ1) is 8.32. The monoisotopic (exact) mass is 267 g/mol. The van der Waals surface area contributed by atoms with Gasteiger partial charge in [0.05, 0.1) is 0 Å². The van der Waals surface area contributed by atoms with Gasteiger partial charge < -0.3 is 16.6 Å². The lowest BCUT2D eigenvalue weighted by Gasteiger charge is -2.16. The number of nitrogens with two attached hydrogens (primary N) is 2. The summed E-state index contributed by atoms with van der Waals surface area (Å²) in [6.45, 7) is 4.27. The number of rotatable bonds is 4. The summed E-state index contributed by atoms with van der Waals surface area (Å²) in [6, 6.07) is 5.79. The van der Waals surface area contributed by atoms with E-state index in [0.29, 0.717) is 11.5 Å². The van der Waals surface area contributed by atoms with Gasteiger partial charge in [0.1, 0.15) is 0 Å². The highest BCUT2D eigenvalue weighted by atomic mass is 32.2. The number of hydrogen-bond donors (Lipinski definition) is 3. The van der Waals surface area contributed by atoms with Crippen molar-refractivity contribution in [2.75, 3.05) is 6.26 Å². The Bertz CT molecular complexity index is 479. The van der Waals surface area contributed by atoms with Crippen molar-refractivity contribution in [1.82, 2.24) is 0 Å². The maximum absolute atomic E-state index is 9.86. The molecule has 0 aromatic heterocycles. The predicted octanol–water partition coefficient (Wildman–Crippen LogP) is 1.76. The van der Waals surface area contributed by atoms with Gasteiger partial charge in [-0.15, -0.1) is 0 Å². The fourth-order valence-corrected chi connectivity index (χ4v) is 2.75. The molecule has 2 atom stereocenters. The Kier molecular flexibility index (Phi) is 4.93. The van der Waals surface area contributed by atoms with Crippen molar-refractivity contribution in [1.29, 1.82) is 0 Å². The third kappa shape index (κ3) is 3.58. The molecule has 0 fully saturated rings. The molecule has 0 aliphatic heterocycles. The maximum Gasteiger partial charge on any atom is 0.188 e. The molecule has 0 saturated heterocycles. The molecule has 5 N–H and O–H groups in total. The van der Waals surface area contributed by atoms with Gasteiger partial charge in [-0.1, -0.05) is 31.9 Å². The number of hydrogen-bond acceptors (Lipinski definition) is 2. The molecule has 0 amide bonds. The summed E-state index contributed by atoms with van der Waals surface area (Å²) in [5.41, 5.74) is 12.5. The zero-order chi connectivity index (χ0) is 13.9. The van der Waals surface area contributed by atoms with Crippen LogP contribution in [0.15, 0.2) is 28.1 Å². The van der Waals surface area contributed by atoms with Crippen LogP contribution in [-0.4, -0.2) is 23.2 Å². The van der Waals surface area contributed by atoms with Gasteiger partial charge in [0.25, 0.3) is 0 Å². The van der Waals surface area contributed by atoms with Gasteiger partial charge in [-0.3, -0.25) is 0 Å². The fraction of sp³-hybridized carbons (Fsp3) is 0.385. The fourth-order valence-electron chi connectivity index (χ4n) is 1.71. The van der Waals surface area contributed by atoms with E-state index in [1.807, 2.05) is 18.2 Å². The molecule has 0 aliphatic carbocycles. The molecule has 100 valence electrons. The minimum Gasteiger partial charge on any atom is -0.370 e. The van der Waals surface area contributed by atoms with E-state index in [4.69, 9.17) is 11.5 Å². The molecule has 0 aliphatic rings. The summed E-state index contributed by atoms with van der Waals surface area (Å²) in [6.07, 6.45) is 1.04. The molecule has 0 bridgehead atoms. The van der Waals surface area contributed by atoms with Crippen LogP contribution in [0.4, 0.5) is 0 Å². The van der Waals surface area contributed by atoms with E-state index >= 15 is 0 Å². The van der Waals surface area contributed by atoms with Gasteiger partial charge in [-0.2, -0.15) is 10.5 Å². The molecule has 0 spiro atoms. The third-order valence-corrected chi connectivity index (χ3v) is 3.71. The van der Waals surface area contributed by atoms with Gasteiger partial charge in [0.15, 0.2) is 12.2 Å². The molecule has 4 nitrogen and oxygen atoms in total. The Morgan fingerprint density at radius 2 is 2.00 bits per heavy atom. The highest BCUT2D eigenvalue weighted by Gasteiger charge is 2.12. The molecule has 1 rings (SSSR count). The molecule has 2 unspecified atom stereocenters. The summed E-state index contributed by atoms with van der Waals surface area (Å²) in [4.78, 5) is 4.88. The van der Waals surface area contributed by atoms with E-state index in [9.17, 15) is 5.11 Å². The van der Waals surface area contributed by atoms with Crippen molar-refractivity contribution >= 4 is 22.3 Å². The number of benzene rings is 1. The van der Waals surface area contributed by atoms with Crippen LogP contribution < -0.4 is 11.5 Å². The van der Waals surface area contributed by atoms with Crippen LogP contribution in [0.3, 0.4) is 0 Å². The summed E-state index contributed by atoms with van der Waals surface area (Å²) in [7, 11) is -0.123. The lowest BCUT2D eigenvalue weighted by molar-refractivity contribution is 0.188. The summed E-state index contributed by atoms with van der Waals surface area (Å²) < 4.78 is 0. The van der Waals surface area contributed by atoms with E-state index in [1.54, 1.807) is 0 Å². The van der Waals surface area contributed by atoms with Crippen LogP contribution in [0.25, 0.3) is 0 Å². The molecule has 18 heavy (non-hydrogen) atoms. The molecule has 1 aromatic carbocycles. The number of aliphatic hydroxyl groups excluding tert-OH is 1. The minimum absolute atomic E-state index is 0.123. The van der Waals surface area contributed by atoms with E-state index in [-0.39, 0.29) is 16.4 Å². The van der Waals surface area contributed by atoms with Crippen molar-refractivity contribution in [3.8, 4) is 0 Å². The minimum atomic E-state index is -1.02. The Morgan fingerprint density at radius 1 is 1.39 bits per heavy atom. The quantitative estimate of drug-likeness (QED) is 0.441. The molecule has 1 aromatic rings. The largest absolute Gasteiger partial charge is 0.370 e. The molecule has 5 heteroatoms. The van der Waals surface area contributed by atoms with E-state index in [2.05, 4.69) is 31.0 Å². The summed E-state index contributed by atoms with van der Waals surface area (Å²) in [5.74, 6) is 4.37. The molecule has 0 saturated carbocycles. The Balaban J connectivity index is 3.23. The zero-order valence-corrected chi connectivity index (χ0v) is 11.9. The summed E-state index contributed by atoms with van der Waals surface area (Å²) >= 11 is 0. The first-order valence-electron chi connectivity index (χ1n) is 5.69. The second-order valence-corrected chi connectivity index (χ2v) is 6.23. The number of nitrogens with zero attached hydrogens (tertiary/aromatic N) is 1. The van der Waals surface area contributed by atoms with Gasteiger partial charge >= 0.3 is 0 Å². The molecule has 0 heterocycles. The van der Waals surface area contributed by atoms with Crippen LogP contribution >= 0.6 is 10.5 Å². The third-order valence-electron chi connectivity index (χ3n) is 2.60. The van der Waals surface area contributed by atoms with Crippen LogP contribution in [0.1, 0.15) is 37.1 Å². The van der Waals surface area contributed by atoms with Gasteiger partial charge in [-0.25, -0.2) is 4.99 Å². The summed E-state index contributed by atoms with van der Waals surface area (Å²) in [5, 5.41) is 9.86. The van der Waals surface area contributed by atoms with Crippen molar-refractivity contribution in [2.24, 2.45) is 16.5 Å². The highest BCUT2D eigenvalue weighted by Crippen LogP contribution is 2.32. The van der Waals surface area contributed by atoms with Crippen LogP contribution in [0.2, 0.25) is 0 Å². The van der Waals surface area contributed by atoms with Crippen molar-refractivity contribution < 1.29 is 5.11 Å². The second kappa shape index (κ2) is 6.02. The van der Waals surface area contributed by atoms with Crippen LogP contribution in [-0.2, 0) is 0 Å². The van der Waals surface area contributed by atoms with E-state index in [0.717, 1.165) is 4.90 Å². The Hall–Kier alpha value is -1.33. The lowest BCUT2D eigenvalue weighted by Crippen LogP contribution is -2.23. The maximum atomic E-state index is 9.86. The van der Waals surface area contributed by atoms with Crippen molar-refractivity contribution in [3.05, 3.63) is 29.3 Å². The Labute approximate surface area is 111 Å². The van der Waals surface area contributed by atoms with Gasteiger partial charge in [0.2, 0.25) is 0 Å².